The van der Waals surface area contributed by atoms with Crippen LogP contribution in [-0.4, -0.2) is 93.7 Å². The average molecular weight is 678 g/mol. The van der Waals surface area contributed by atoms with E-state index in [1.54, 1.807) is 24.3 Å². The molecule has 3 aliphatic heterocycles. The van der Waals surface area contributed by atoms with Crippen molar-refractivity contribution in [1.29, 1.82) is 0 Å². The lowest BCUT2D eigenvalue weighted by Gasteiger charge is -2.31. The van der Waals surface area contributed by atoms with Gasteiger partial charge in [-0.05, 0) is 62.4 Å². The zero-order chi connectivity index (χ0) is 33.7. The summed E-state index contributed by atoms with van der Waals surface area (Å²) in [5.74, 6) is 0.911. The van der Waals surface area contributed by atoms with Crippen LogP contribution in [0.25, 0.3) is 0 Å². The van der Waals surface area contributed by atoms with Crippen molar-refractivity contribution < 1.29 is 51.5 Å². The van der Waals surface area contributed by atoms with Gasteiger partial charge in [-0.15, -0.1) is 0 Å². The van der Waals surface area contributed by atoms with Gasteiger partial charge in [0.2, 0.25) is 16.8 Å². The number of hydrogen-bond donors (Lipinski definition) is 3. The number of hydrogen-bond acceptors (Lipinski definition) is 11. The second-order valence-corrected chi connectivity index (χ2v) is 14.5. The molecule has 0 aliphatic carbocycles. The fourth-order valence-electron chi connectivity index (χ4n) is 5.67. The minimum absolute atomic E-state index is 0.00361. The number of sulfonamides is 1. The molecule has 5 rings (SSSR count). The van der Waals surface area contributed by atoms with E-state index in [0.29, 0.717) is 35.8 Å². The molecule has 3 aliphatic rings. The third kappa shape index (κ3) is 8.84. The van der Waals surface area contributed by atoms with Crippen LogP contribution in [0.3, 0.4) is 0 Å². The van der Waals surface area contributed by atoms with Crippen molar-refractivity contribution >= 4 is 22.2 Å². The molecule has 0 aromatic heterocycles. The summed E-state index contributed by atoms with van der Waals surface area (Å²) in [5, 5.41) is 17.0. The highest BCUT2D eigenvalue weighted by Gasteiger charge is 2.44. The number of aliphatic hydroxyl groups is 1. The molecule has 15 heteroatoms. The quantitative estimate of drug-likeness (QED) is 0.285. The van der Waals surface area contributed by atoms with E-state index < -0.39 is 46.7 Å². The third-order valence-electron chi connectivity index (χ3n) is 7.95. The molecule has 2 amide bonds. The van der Waals surface area contributed by atoms with Gasteiger partial charge >= 0.3 is 12.2 Å². The fourth-order valence-corrected chi connectivity index (χ4v) is 7.31. The Morgan fingerprint density at radius 3 is 2.45 bits per heavy atom. The molecule has 5 atom stereocenters. The van der Waals surface area contributed by atoms with E-state index in [4.69, 9.17) is 28.4 Å². The Kier molecular flexibility index (Phi) is 11.1. The Hall–Kier alpha value is -3.63. The van der Waals surface area contributed by atoms with Gasteiger partial charge in [-0.2, -0.15) is 4.31 Å². The van der Waals surface area contributed by atoms with Crippen molar-refractivity contribution in [2.24, 2.45) is 11.8 Å². The van der Waals surface area contributed by atoms with Crippen LogP contribution in [-0.2, 0) is 30.7 Å². The highest BCUT2D eigenvalue weighted by atomic mass is 32.2. The van der Waals surface area contributed by atoms with E-state index >= 15 is 0 Å². The first-order chi connectivity index (χ1) is 22.4. The molecule has 2 aromatic carbocycles. The summed E-state index contributed by atoms with van der Waals surface area (Å²) < 4.78 is 61.8. The summed E-state index contributed by atoms with van der Waals surface area (Å²) in [7, 11) is -4.09. The van der Waals surface area contributed by atoms with E-state index in [1.807, 2.05) is 27.7 Å². The molecule has 0 saturated carbocycles. The molecule has 3 heterocycles. The summed E-state index contributed by atoms with van der Waals surface area (Å²) in [4.78, 5) is 25.2. The zero-order valence-corrected chi connectivity index (χ0v) is 27.7. The molecule has 2 aromatic rings. The van der Waals surface area contributed by atoms with Crippen LogP contribution in [0.15, 0.2) is 47.4 Å². The number of nitrogens with zero attached hydrogens (tertiary/aromatic N) is 1. The second kappa shape index (κ2) is 15.1. The molecule has 3 N–H and O–H groups in total. The van der Waals surface area contributed by atoms with Crippen molar-refractivity contribution in [2.75, 3.05) is 33.1 Å². The minimum atomic E-state index is -4.09. The summed E-state index contributed by atoms with van der Waals surface area (Å²) >= 11 is 0. The number of fused-ring (bicyclic) bond motifs is 2. The molecule has 0 radical (unpaired) electrons. The van der Waals surface area contributed by atoms with Gasteiger partial charge in [0.15, 0.2) is 17.8 Å². The molecular formula is C32H43N3O11S. The van der Waals surface area contributed by atoms with Gasteiger partial charge in [0.25, 0.3) is 0 Å². The lowest BCUT2D eigenvalue weighted by atomic mass is 10.0. The molecule has 0 bridgehead atoms. The van der Waals surface area contributed by atoms with Crippen molar-refractivity contribution in [3.8, 4) is 17.2 Å². The van der Waals surface area contributed by atoms with Crippen molar-refractivity contribution in [1.82, 2.24) is 14.9 Å². The van der Waals surface area contributed by atoms with E-state index in [0.717, 1.165) is 0 Å². The molecule has 47 heavy (non-hydrogen) atoms. The van der Waals surface area contributed by atoms with Gasteiger partial charge in [-0.1, -0.05) is 26.0 Å². The summed E-state index contributed by atoms with van der Waals surface area (Å²) in [5.41, 5.74) is 0.688. The fraction of sp³-hybridized carbons (Fsp3) is 0.562. The number of nitrogens with one attached hydrogen (secondary N) is 2. The molecule has 0 spiro atoms. The lowest BCUT2D eigenvalue weighted by molar-refractivity contribution is -0.0907. The van der Waals surface area contributed by atoms with Crippen LogP contribution in [0.4, 0.5) is 9.59 Å². The first-order valence-corrected chi connectivity index (χ1v) is 17.2. The van der Waals surface area contributed by atoms with Crippen LogP contribution in [0.5, 0.6) is 17.2 Å². The van der Waals surface area contributed by atoms with Gasteiger partial charge in [0.1, 0.15) is 11.9 Å². The van der Waals surface area contributed by atoms with Gasteiger partial charge in [0.05, 0.1) is 36.2 Å². The smallest absolute Gasteiger partial charge is 0.412 e. The maximum Gasteiger partial charge on any atom is 0.412 e. The van der Waals surface area contributed by atoms with Gasteiger partial charge in [-0.25, -0.2) is 18.0 Å². The van der Waals surface area contributed by atoms with E-state index in [2.05, 4.69) is 10.6 Å². The highest BCUT2D eigenvalue weighted by molar-refractivity contribution is 7.89. The van der Waals surface area contributed by atoms with Crippen molar-refractivity contribution in [2.45, 2.75) is 76.0 Å². The Morgan fingerprint density at radius 2 is 1.72 bits per heavy atom. The Bertz CT molecular complexity index is 1500. The number of amides is 2. The maximum absolute atomic E-state index is 13.9. The SMILES string of the molecule is CC(C)CN(C[C@@H](O)[C@H](Cc1ccc(OC(=O)NC(C)C)cc1)NC(=O)O[C@H]1CO[C@H]2OCC[C@H]21)S(=O)(=O)c1ccc2c(c1)OCO2. The Labute approximate surface area is 274 Å². The summed E-state index contributed by atoms with van der Waals surface area (Å²) in [6.45, 7) is 7.87. The molecular weight excluding hydrogens is 634 g/mol. The highest BCUT2D eigenvalue weighted by Crippen LogP contribution is 2.35. The van der Waals surface area contributed by atoms with E-state index in [9.17, 15) is 23.1 Å². The van der Waals surface area contributed by atoms with E-state index in [-0.39, 0.29) is 55.7 Å². The molecule has 258 valence electrons. The number of benzene rings is 2. The van der Waals surface area contributed by atoms with Crippen LogP contribution >= 0.6 is 0 Å². The minimum Gasteiger partial charge on any atom is -0.454 e. The largest absolute Gasteiger partial charge is 0.454 e. The van der Waals surface area contributed by atoms with Crippen molar-refractivity contribution in [3.63, 3.8) is 0 Å². The zero-order valence-electron chi connectivity index (χ0n) is 26.9. The standard InChI is InChI=1S/C32H43N3O11S/c1-19(2)15-35(47(39,40)23-9-10-27-28(14-23)44-18-43-27)16-26(36)25(34-32(38)46-29-17-42-30-24(29)11-12-41-30)13-21-5-7-22(8-6-21)45-31(37)33-20(3)4/h5-10,14,19-20,24-26,29-30,36H,11-13,15-18H2,1-4H3,(H,33,37)(H,34,38)/t24-,25-,26+,29-,30+/m0/s1. The first kappa shape index (κ1) is 34.7. The summed E-state index contributed by atoms with van der Waals surface area (Å²) in [6, 6.07) is 9.91. The molecule has 0 unspecified atom stereocenters. The number of alkyl carbamates (subject to hydrolysis) is 1. The van der Waals surface area contributed by atoms with Crippen LogP contribution in [0.1, 0.15) is 39.7 Å². The molecule has 2 saturated heterocycles. The van der Waals surface area contributed by atoms with E-state index in [1.165, 1.54) is 22.5 Å². The average Bonchev–Trinajstić information content (AvgIpc) is 3.75. The topological polar surface area (TPSA) is 171 Å². The number of aliphatic hydroxyl groups excluding tert-OH is 1. The summed E-state index contributed by atoms with van der Waals surface area (Å²) in [6.07, 6.45) is -2.83. The third-order valence-corrected chi connectivity index (χ3v) is 9.78. The monoisotopic (exact) mass is 677 g/mol. The number of carbonyl (C=O) groups is 2. The molecule has 2 fully saturated rings. The van der Waals surface area contributed by atoms with Crippen LogP contribution < -0.4 is 24.8 Å². The number of carbonyl (C=O) groups excluding carboxylic acids is 2. The predicted molar refractivity (Wildman–Crippen MR) is 168 cm³/mol. The first-order valence-electron chi connectivity index (χ1n) is 15.7. The van der Waals surface area contributed by atoms with Crippen molar-refractivity contribution in [3.05, 3.63) is 48.0 Å². The van der Waals surface area contributed by atoms with Crippen LogP contribution in [0, 0.1) is 11.8 Å². The lowest BCUT2D eigenvalue weighted by Crippen LogP contribution is -2.51. The Balaban J connectivity index is 1.33. The normalized spacial score (nSPS) is 21.5. The van der Waals surface area contributed by atoms with Crippen LogP contribution in [0.2, 0.25) is 0 Å². The van der Waals surface area contributed by atoms with Gasteiger partial charge < -0.3 is 44.2 Å². The molecule has 14 nitrogen and oxygen atoms in total. The maximum atomic E-state index is 13.9. The number of ether oxygens (including phenoxy) is 6. The number of rotatable bonds is 13. The van der Waals surface area contributed by atoms with Gasteiger partial charge in [0, 0.05) is 25.2 Å². The predicted octanol–water partition coefficient (Wildman–Crippen LogP) is 3.02. The second-order valence-electron chi connectivity index (χ2n) is 12.6. The Morgan fingerprint density at radius 1 is 0.979 bits per heavy atom. The van der Waals surface area contributed by atoms with Gasteiger partial charge in [-0.3, -0.25) is 0 Å².